The fourth-order valence-corrected chi connectivity index (χ4v) is 3.78. The summed E-state index contributed by atoms with van der Waals surface area (Å²) in [6.07, 6.45) is 3.58. The van der Waals surface area contributed by atoms with E-state index >= 15 is 0 Å². The van der Waals surface area contributed by atoms with Crippen molar-refractivity contribution >= 4 is 34.8 Å². The number of rotatable bonds is 11. The predicted molar refractivity (Wildman–Crippen MR) is 120 cm³/mol. The van der Waals surface area contributed by atoms with Gasteiger partial charge in [-0.15, -0.1) is 0 Å². The smallest absolute Gasteiger partial charge is 0.286 e. The molecule has 0 aromatic heterocycles. The van der Waals surface area contributed by atoms with Crippen molar-refractivity contribution in [2.45, 2.75) is 11.7 Å². The highest BCUT2D eigenvalue weighted by Crippen LogP contribution is 2.29. The lowest BCUT2D eigenvalue weighted by Crippen LogP contribution is -2.25. The van der Waals surface area contributed by atoms with E-state index in [0.717, 1.165) is 22.9 Å². The fourth-order valence-electron chi connectivity index (χ4n) is 2.92. The molecule has 1 aliphatic rings. The molecule has 2 aromatic carbocycles. The quantitative estimate of drug-likeness (QED) is 0.311. The molecule has 32 heavy (non-hydrogen) atoms. The summed E-state index contributed by atoms with van der Waals surface area (Å²) in [5.41, 5.74) is 2.14. The number of carbonyl (C=O) groups excluding carboxylic acids is 3. The van der Waals surface area contributed by atoms with Gasteiger partial charge in [0.05, 0.1) is 5.25 Å². The van der Waals surface area contributed by atoms with Crippen LogP contribution in [0.3, 0.4) is 0 Å². The summed E-state index contributed by atoms with van der Waals surface area (Å²) in [4.78, 5) is 35.5. The predicted octanol–water partition coefficient (Wildman–Crippen LogP) is 3.44. The van der Waals surface area contributed by atoms with Gasteiger partial charge in [0.15, 0.2) is 30.9 Å². The number of ether oxygens (including phenoxy) is 4. The monoisotopic (exact) mass is 457 g/mol. The third-order valence-electron chi connectivity index (χ3n) is 4.49. The van der Waals surface area contributed by atoms with Gasteiger partial charge in [-0.1, -0.05) is 48.2 Å². The van der Waals surface area contributed by atoms with Gasteiger partial charge >= 0.3 is 0 Å². The summed E-state index contributed by atoms with van der Waals surface area (Å²) < 4.78 is 20.8. The molecule has 3 rings (SSSR count). The Morgan fingerprint density at radius 3 is 2.31 bits per heavy atom. The van der Waals surface area contributed by atoms with Crippen molar-refractivity contribution in [1.29, 1.82) is 0 Å². The lowest BCUT2D eigenvalue weighted by atomic mass is 10.0. The Kier molecular flexibility index (Phi) is 8.43. The second kappa shape index (κ2) is 11.5. The highest BCUT2D eigenvalue weighted by Gasteiger charge is 2.31. The van der Waals surface area contributed by atoms with Gasteiger partial charge in [-0.2, -0.15) is 0 Å². The number of methoxy groups -OCH3 is 2. The number of imide groups is 1. The van der Waals surface area contributed by atoms with E-state index in [1.807, 2.05) is 0 Å². The van der Waals surface area contributed by atoms with Gasteiger partial charge in [0, 0.05) is 19.8 Å². The Balaban J connectivity index is 1.65. The molecule has 1 saturated heterocycles. The van der Waals surface area contributed by atoms with E-state index in [9.17, 15) is 14.4 Å². The minimum Gasteiger partial charge on any atom is -0.464 e. The number of hydrogen-bond acceptors (Lipinski definition) is 8. The number of allylic oxidation sites excluding steroid dienone is 1. The van der Waals surface area contributed by atoms with Crippen LogP contribution in [0.5, 0.6) is 11.5 Å². The molecule has 1 atom stereocenters. The van der Waals surface area contributed by atoms with E-state index in [2.05, 4.69) is 5.32 Å². The van der Waals surface area contributed by atoms with Gasteiger partial charge in [-0.3, -0.25) is 19.7 Å². The maximum atomic E-state index is 12.5. The Labute approximate surface area is 189 Å². The molecule has 8 nitrogen and oxygen atoms in total. The van der Waals surface area contributed by atoms with E-state index in [1.54, 1.807) is 48.5 Å². The van der Waals surface area contributed by atoms with Gasteiger partial charge < -0.3 is 18.9 Å². The summed E-state index contributed by atoms with van der Waals surface area (Å²) in [5.74, 6) is 0.517. The van der Waals surface area contributed by atoms with Gasteiger partial charge in [0.25, 0.3) is 5.24 Å². The standard InChI is InChI=1S/C23H23NO7S/c1-28-13-30-19-10-6-15(11-20(19)31-14-29-2)5-9-18(25)17-7-3-16(4-8-17)12-21-22(26)24-23(27)32-21/h3-11,21H,12-14H2,1-2H3,(H,24,26,27). The number of ketones is 1. The number of thioether (sulfide) groups is 1. The zero-order valence-corrected chi connectivity index (χ0v) is 18.5. The third-order valence-corrected chi connectivity index (χ3v) is 5.47. The summed E-state index contributed by atoms with van der Waals surface area (Å²) in [6, 6.07) is 12.2. The zero-order valence-electron chi connectivity index (χ0n) is 17.7. The molecule has 1 N–H and O–H groups in total. The third kappa shape index (κ3) is 6.43. The van der Waals surface area contributed by atoms with Crippen molar-refractivity contribution in [3.63, 3.8) is 0 Å². The fraction of sp³-hybridized carbons (Fsp3) is 0.261. The number of nitrogens with one attached hydrogen (secondary N) is 1. The van der Waals surface area contributed by atoms with E-state index in [-0.39, 0.29) is 30.5 Å². The van der Waals surface area contributed by atoms with E-state index in [4.69, 9.17) is 18.9 Å². The Morgan fingerprint density at radius 1 is 1.00 bits per heavy atom. The second-order valence-corrected chi connectivity index (χ2v) is 7.97. The molecule has 1 unspecified atom stereocenters. The highest BCUT2D eigenvalue weighted by molar-refractivity contribution is 8.15. The molecule has 1 fully saturated rings. The lowest BCUT2D eigenvalue weighted by Gasteiger charge is -2.12. The highest BCUT2D eigenvalue weighted by atomic mass is 32.2. The topological polar surface area (TPSA) is 100 Å². The maximum Gasteiger partial charge on any atom is 0.286 e. The van der Waals surface area contributed by atoms with Crippen LogP contribution in [-0.4, -0.2) is 50.0 Å². The zero-order chi connectivity index (χ0) is 22.9. The molecule has 9 heteroatoms. The number of hydrogen-bond donors (Lipinski definition) is 1. The van der Waals surface area contributed by atoms with Crippen LogP contribution in [0.2, 0.25) is 0 Å². The molecule has 0 bridgehead atoms. The molecular weight excluding hydrogens is 434 g/mol. The normalized spacial score (nSPS) is 15.8. The van der Waals surface area contributed by atoms with Gasteiger partial charge in [0.2, 0.25) is 5.91 Å². The molecule has 0 radical (unpaired) electrons. The maximum absolute atomic E-state index is 12.5. The molecule has 0 spiro atoms. The minimum absolute atomic E-state index is 0.0526. The van der Waals surface area contributed by atoms with E-state index in [0.29, 0.717) is 23.5 Å². The number of benzene rings is 2. The minimum atomic E-state index is -0.436. The van der Waals surface area contributed by atoms with Gasteiger partial charge in [0.1, 0.15) is 0 Å². The van der Waals surface area contributed by atoms with Crippen LogP contribution in [0.15, 0.2) is 48.5 Å². The molecule has 0 aliphatic carbocycles. The SMILES string of the molecule is COCOc1ccc(C=CC(=O)c2ccc(CC3SC(=O)NC3=O)cc2)cc1OCOC. The van der Waals surface area contributed by atoms with Crippen LogP contribution in [0.4, 0.5) is 4.79 Å². The first kappa shape index (κ1) is 23.5. The van der Waals surface area contributed by atoms with Crippen LogP contribution >= 0.6 is 11.8 Å². The van der Waals surface area contributed by atoms with Crippen LogP contribution in [0.25, 0.3) is 6.08 Å². The first-order valence-electron chi connectivity index (χ1n) is 9.70. The van der Waals surface area contributed by atoms with Crippen molar-refractivity contribution in [3.8, 4) is 11.5 Å². The van der Waals surface area contributed by atoms with Crippen LogP contribution in [-0.2, 0) is 20.7 Å². The van der Waals surface area contributed by atoms with Crippen molar-refractivity contribution < 1.29 is 33.3 Å². The van der Waals surface area contributed by atoms with Crippen molar-refractivity contribution in [2.75, 3.05) is 27.8 Å². The molecule has 1 heterocycles. The Hall–Kier alpha value is -3.14. The summed E-state index contributed by atoms with van der Waals surface area (Å²) in [6.45, 7) is 0.129. The first-order valence-corrected chi connectivity index (χ1v) is 10.6. The van der Waals surface area contributed by atoms with Crippen LogP contribution in [0, 0.1) is 0 Å². The van der Waals surface area contributed by atoms with E-state index < -0.39 is 5.25 Å². The van der Waals surface area contributed by atoms with E-state index in [1.165, 1.54) is 20.3 Å². The number of amides is 2. The van der Waals surface area contributed by atoms with Gasteiger partial charge in [-0.25, -0.2) is 0 Å². The summed E-state index contributed by atoms with van der Waals surface area (Å²) >= 11 is 0.984. The molecule has 0 saturated carbocycles. The van der Waals surface area contributed by atoms with Crippen molar-refractivity contribution in [1.82, 2.24) is 5.32 Å². The second-order valence-electron chi connectivity index (χ2n) is 6.79. The first-order chi connectivity index (χ1) is 15.5. The Bertz CT molecular complexity index is 1000. The van der Waals surface area contributed by atoms with Crippen molar-refractivity contribution in [3.05, 3.63) is 65.2 Å². The molecule has 2 amide bonds. The largest absolute Gasteiger partial charge is 0.464 e. The average Bonchev–Trinajstić information content (AvgIpc) is 3.11. The molecule has 2 aromatic rings. The molecule has 168 valence electrons. The number of carbonyl (C=O) groups is 3. The summed E-state index contributed by atoms with van der Waals surface area (Å²) in [5, 5.41) is 1.51. The average molecular weight is 458 g/mol. The molecule has 1 aliphatic heterocycles. The van der Waals surface area contributed by atoms with Crippen LogP contribution < -0.4 is 14.8 Å². The van der Waals surface area contributed by atoms with Gasteiger partial charge in [-0.05, 0) is 35.8 Å². The summed E-state index contributed by atoms with van der Waals surface area (Å²) in [7, 11) is 3.04. The van der Waals surface area contributed by atoms with Crippen molar-refractivity contribution in [2.24, 2.45) is 0 Å². The Morgan fingerprint density at radius 2 is 1.69 bits per heavy atom. The van der Waals surface area contributed by atoms with Crippen LogP contribution in [0.1, 0.15) is 21.5 Å². The molecular formula is C23H23NO7S. The lowest BCUT2D eigenvalue weighted by molar-refractivity contribution is -0.118.